The third-order valence-corrected chi connectivity index (χ3v) is 6.62. The molecule has 0 aliphatic heterocycles. The van der Waals surface area contributed by atoms with Gasteiger partial charge in [-0.25, -0.2) is 0 Å². The van der Waals surface area contributed by atoms with Gasteiger partial charge in [-0.15, -0.1) is 0 Å². The van der Waals surface area contributed by atoms with Gasteiger partial charge in [-0.05, 0) is 73.4 Å². The summed E-state index contributed by atoms with van der Waals surface area (Å²) in [4.78, 5) is 19.0. The number of nitrogens with one attached hydrogen (secondary N) is 1. The lowest BCUT2D eigenvalue weighted by atomic mass is 9.95. The van der Waals surface area contributed by atoms with Crippen LogP contribution in [0.4, 0.5) is 0 Å². The molecule has 0 radical (unpaired) electrons. The van der Waals surface area contributed by atoms with Crippen LogP contribution in [0.2, 0.25) is 0 Å². The maximum Gasteiger partial charge on any atom is 0.227 e. The number of benzene rings is 2. The van der Waals surface area contributed by atoms with Crippen LogP contribution in [0.5, 0.6) is 0 Å². The molecule has 1 aromatic heterocycles. The fraction of sp³-hybridized carbons (Fsp3) is 0.483. The summed E-state index contributed by atoms with van der Waals surface area (Å²) in [5.74, 6) is -0.0204. The van der Waals surface area contributed by atoms with E-state index >= 15 is 0 Å². The van der Waals surface area contributed by atoms with Gasteiger partial charge < -0.3 is 20.4 Å². The van der Waals surface area contributed by atoms with Crippen molar-refractivity contribution in [3.05, 3.63) is 70.9 Å². The van der Waals surface area contributed by atoms with Gasteiger partial charge in [-0.3, -0.25) is 4.79 Å². The highest BCUT2D eigenvalue weighted by molar-refractivity contribution is 5.85. The lowest BCUT2D eigenvalue weighted by Crippen LogP contribution is -2.41. The molecule has 1 unspecified atom stereocenters. The van der Waals surface area contributed by atoms with E-state index in [9.17, 15) is 4.79 Å². The number of methoxy groups -OCH3 is 1. The van der Waals surface area contributed by atoms with E-state index in [-0.39, 0.29) is 11.8 Å². The average Bonchev–Trinajstić information content (AvgIpc) is 3.59. The standard InChI is InChI=1S/C27H35N3O2.C2H6/c1-19-8-9-20(5-4-14-32-2)15-23(19)18-30(24-10-11-24)27(31)22(17-28)16-21-6-3-7-26-25(21)12-13-29-26;1-2/h3,6-9,12-13,15,22,24,29H,4-5,10-11,14,16-18,28H2,1-2H3;1-2H3. The Morgan fingerprint density at radius 1 is 1.18 bits per heavy atom. The van der Waals surface area contributed by atoms with E-state index in [2.05, 4.69) is 53.2 Å². The summed E-state index contributed by atoms with van der Waals surface area (Å²) in [6.07, 6.45) is 6.79. The van der Waals surface area contributed by atoms with Gasteiger partial charge in [0, 0.05) is 49.9 Å². The molecule has 5 heteroatoms. The first-order valence-electron chi connectivity index (χ1n) is 12.7. The van der Waals surface area contributed by atoms with Crippen molar-refractivity contribution in [1.82, 2.24) is 9.88 Å². The second-order valence-electron chi connectivity index (χ2n) is 9.05. The van der Waals surface area contributed by atoms with Gasteiger partial charge in [0.05, 0.1) is 5.92 Å². The minimum absolute atomic E-state index is 0.187. The normalized spacial score (nSPS) is 13.9. The molecular weight excluding hydrogens is 422 g/mol. The van der Waals surface area contributed by atoms with E-state index in [1.165, 1.54) is 27.6 Å². The van der Waals surface area contributed by atoms with Crippen molar-refractivity contribution in [2.24, 2.45) is 11.7 Å². The number of aryl methyl sites for hydroxylation is 2. The number of aromatic nitrogens is 1. The Bertz CT molecular complexity index is 1050. The molecule has 2 aromatic carbocycles. The molecule has 0 bridgehead atoms. The Morgan fingerprint density at radius 3 is 2.68 bits per heavy atom. The zero-order valence-electron chi connectivity index (χ0n) is 21.3. The molecule has 1 saturated carbocycles. The van der Waals surface area contributed by atoms with Crippen LogP contribution in [0.15, 0.2) is 48.7 Å². The van der Waals surface area contributed by atoms with Crippen molar-refractivity contribution in [2.45, 2.75) is 65.5 Å². The molecule has 1 aliphatic carbocycles. The van der Waals surface area contributed by atoms with E-state index in [0.29, 0.717) is 25.6 Å². The van der Waals surface area contributed by atoms with Crippen LogP contribution in [0.3, 0.4) is 0 Å². The third kappa shape index (κ3) is 6.49. The monoisotopic (exact) mass is 463 g/mol. The predicted molar refractivity (Wildman–Crippen MR) is 141 cm³/mol. The summed E-state index contributed by atoms with van der Waals surface area (Å²) < 4.78 is 5.20. The second-order valence-corrected chi connectivity index (χ2v) is 9.05. The molecule has 1 heterocycles. The Morgan fingerprint density at radius 2 is 1.97 bits per heavy atom. The maximum absolute atomic E-state index is 13.7. The SMILES string of the molecule is CC.COCCCc1ccc(C)c(CN(C(=O)C(CN)Cc2cccc3[nH]ccc23)C2CC2)c1. The number of H-pyrrole nitrogens is 1. The van der Waals surface area contributed by atoms with Gasteiger partial charge in [0.25, 0.3) is 0 Å². The fourth-order valence-corrected chi connectivity index (χ4v) is 4.53. The Labute approximate surface area is 204 Å². The summed E-state index contributed by atoms with van der Waals surface area (Å²) in [7, 11) is 1.74. The number of ether oxygens (including phenoxy) is 1. The van der Waals surface area contributed by atoms with Gasteiger partial charge >= 0.3 is 0 Å². The highest BCUT2D eigenvalue weighted by Gasteiger charge is 2.35. The van der Waals surface area contributed by atoms with E-state index in [1.54, 1.807) is 7.11 Å². The molecule has 184 valence electrons. The van der Waals surface area contributed by atoms with E-state index in [4.69, 9.17) is 10.5 Å². The highest BCUT2D eigenvalue weighted by Crippen LogP contribution is 2.31. The van der Waals surface area contributed by atoms with Gasteiger partial charge in [0.2, 0.25) is 5.91 Å². The Balaban J connectivity index is 0.00000158. The first-order valence-corrected chi connectivity index (χ1v) is 12.7. The maximum atomic E-state index is 13.7. The molecule has 0 spiro atoms. The molecule has 1 amide bonds. The summed E-state index contributed by atoms with van der Waals surface area (Å²) >= 11 is 0. The van der Waals surface area contributed by atoms with E-state index in [1.807, 2.05) is 26.1 Å². The Kier molecular flexibility index (Phi) is 9.73. The van der Waals surface area contributed by atoms with Crippen molar-refractivity contribution in [2.75, 3.05) is 20.3 Å². The van der Waals surface area contributed by atoms with Crippen molar-refractivity contribution < 1.29 is 9.53 Å². The molecule has 4 rings (SSSR count). The first kappa shape index (κ1) is 26.0. The molecular formula is C29H41N3O2. The highest BCUT2D eigenvalue weighted by atomic mass is 16.5. The fourth-order valence-electron chi connectivity index (χ4n) is 4.53. The van der Waals surface area contributed by atoms with Crippen molar-refractivity contribution >= 4 is 16.8 Å². The van der Waals surface area contributed by atoms with Gasteiger partial charge in [-0.2, -0.15) is 0 Å². The molecule has 0 saturated heterocycles. The smallest absolute Gasteiger partial charge is 0.227 e. The van der Waals surface area contributed by atoms with Gasteiger partial charge in [-0.1, -0.05) is 44.2 Å². The summed E-state index contributed by atoms with van der Waals surface area (Å²) in [5.41, 5.74) is 12.2. The number of nitrogens with two attached hydrogens (primary N) is 1. The molecule has 1 aliphatic rings. The van der Waals surface area contributed by atoms with Crippen LogP contribution in [0.25, 0.3) is 10.9 Å². The number of amides is 1. The molecule has 3 N–H and O–H groups in total. The number of nitrogens with zero attached hydrogens (tertiary/aromatic N) is 1. The number of hydrogen-bond donors (Lipinski definition) is 2. The molecule has 34 heavy (non-hydrogen) atoms. The van der Waals surface area contributed by atoms with Crippen LogP contribution >= 0.6 is 0 Å². The van der Waals surface area contributed by atoms with Crippen LogP contribution in [0.1, 0.15) is 55.4 Å². The summed E-state index contributed by atoms with van der Waals surface area (Å²) in [6, 6.07) is 15.3. The van der Waals surface area contributed by atoms with Crippen molar-refractivity contribution in [1.29, 1.82) is 0 Å². The van der Waals surface area contributed by atoms with Gasteiger partial charge in [0.1, 0.15) is 0 Å². The average molecular weight is 464 g/mol. The molecule has 5 nitrogen and oxygen atoms in total. The summed E-state index contributed by atoms with van der Waals surface area (Å²) in [5, 5.41) is 1.18. The number of rotatable bonds is 11. The van der Waals surface area contributed by atoms with Gasteiger partial charge in [0.15, 0.2) is 0 Å². The number of fused-ring (bicyclic) bond motifs is 1. The number of carbonyl (C=O) groups is 1. The quantitative estimate of drug-likeness (QED) is 0.375. The first-order chi connectivity index (χ1) is 16.6. The van der Waals surface area contributed by atoms with Crippen LogP contribution < -0.4 is 5.73 Å². The van der Waals surface area contributed by atoms with Crippen LogP contribution in [-0.2, 0) is 28.9 Å². The lowest BCUT2D eigenvalue weighted by molar-refractivity contribution is -0.136. The topological polar surface area (TPSA) is 71.3 Å². The molecule has 1 fully saturated rings. The number of carbonyl (C=O) groups excluding carboxylic acids is 1. The lowest BCUT2D eigenvalue weighted by Gasteiger charge is -2.28. The van der Waals surface area contributed by atoms with Crippen LogP contribution in [-0.4, -0.2) is 42.1 Å². The molecule has 1 atom stereocenters. The summed E-state index contributed by atoms with van der Waals surface area (Å²) in [6.45, 7) is 7.93. The second kappa shape index (κ2) is 12.7. The zero-order valence-corrected chi connectivity index (χ0v) is 21.3. The minimum atomic E-state index is -0.207. The third-order valence-electron chi connectivity index (χ3n) is 6.62. The predicted octanol–water partition coefficient (Wildman–Crippen LogP) is 5.39. The minimum Gasteiger partial charge on any atom is -0.385 e. The Hall–Kier alpha value is -2.63. The van der Waals surface area contributed by atoms with E-state index in [0.717, 1.165) is 37.8 Å². The number of hydrogen-bond acceptors (Lipinski definition) is 3. The van der Waals surface area contributed by atoms with Crippen LogP contribution in [0, 0.1) is 12.8 Å². The largest absolute Gasteiger partial charge is 0.385 e. The molecule has 3 aromatic rings. The van der Waals surface area contributed by atoms with Crippen molar-refractivity contribution in [3.8, 4) is 0 Å². The van der Waals surface area contributed by atoms with Crippen molar-refractivity contribution in [3.63, 3.8) is 0 Å². The van der Waals surface area contributed by atoms with E-state index < -0.39 is 0 Å². The number of aromatic amines is 1. The zero-order chi connectivity index (χ0) is 24.5.